The fourth-order valence-corrected chi connectivity index (χ4v) is 3.41. The van der Waals surface area contributed by atoms with Gasteiger partial charge in [0.2, 0.25) is 0 Å². The molecule has 0 aromatic heterocycles. The molecule has 0 aliphatic rings. The highest BCUT2D eigenvalue weighted by Crippen LogP contribution is 2.13. The first-order valence-corrected chi connectivity index (χ1v) is 11.9. The summed E-state index contributed by atoms with van der Waals surface area (Å²) in [6.45, 7) is 2.74. The minimum absolute atomic E-state index is 0. The van der Waals surface area contributed by atoms with Crippen molar-refractivity contribution in [2.75, 3.05) is 6.61 Å². The number of benzene rings is 1. The Morgan fingerprint density at radius 2 is 1.33 bits per heavy atom. The predicted octanol–water partition coefficient (Wildman–Crippen LogP) is 7.69. The summed E-state index contributed by atoms with van der Waals surface area (Å²) >= 11 is 0. The Balaban J connectivity index is 0.00000841. The Labute approximate surface area is 191 Å². The van der Waals surface area contributed by atoms with Gasteiger partial charge < -0.3 is 10.5 Å². The highest BCUT2D eigenvalue weighted by atomic mass is 35.5. The minimum Gasteiger partial charge on any atom is -0.464 e. The molecular formula is C26H44ClNO2. The summed E-state index contributed by atoms with van der Waals surface area (Å²) in [7, 11) is 0. The van der Waals surface area contributed by atoms with Crippen LogP contribution in [-0.4, -0.2) is 12.6 Å². The van der Waals surface area contributed by atoms with Crippen molar-refractivity contribution in [1.29, 1.82) is 0 Å². The number of esters is 1. The maximum Gasteiger partial charge on any atom is 0.327 e. The molecule has 0 saturated carbocycles. The molecule has 0 bridgehead atoms. The summed E-state index contributed by atoms with van der Waals surface area (Å²) < 4.78 is 5.30. The molecule has 0 unspecified atom stereocenters. The molecule has 0 saturated heterocycles. The van der Waals surface area contributed by atoms with Crippen molar-refractivity contribution < 1.29 is 9.53 Å². The average Bonchev–Trinajstić information content (AvgIpc) is 2.75. The molecule has 3 nitrogen and oxygen atoms in total. The number of allylic oxidation sites excluding steroid dienone is 2. The summed E-state index contributed by atoms with van der Waals surface area (Å²) in [5, 5.41) is 0. The Kier molecular flexibility index (Phi) is 20.0. The maximum atomic E-state index is 12.0. The normalized spacial score (nSPS) is 11.9. The molecule has 0 aliphatic carbocycles. The maximum absolute atomic E-state index is 12.0. The number of hydrogen-bond donors (Lipinski definition) is 1. The van der Waals surface area contributed by atoms with Crippen molar-refractivity contribution >= 4 is 18.4 Å². The summed E-state index contributed by atoms with van der Waals surface area (Å²) in [5.41, 5.74) is 6.73. The van der Waals surface area contributed by atoms with E-state index < -0.39 is 6.04 Å². The quantitative estimate of drug-likeness (QED) is 0.145. The molecule has 4 heteroatoms. The van der Waals surface area contributed by atoms with Crippen molar-refractivity contribution in [3.05, 3.63) is 48.0 Å². The molecule has 0 radical (unpaired) electrons. The van der Waals surface area contributed by atoms with E-state index in [1.54, 1.807) is 0 Å². The van der Waals surface area contributed by atoms with Crippen LogP contribution in [0.3, 0.4) is 0 Å². The van der Waals surface area contributed by atoms with Crippen molar-refractivity contribution in [2.24, 2.45) is 5.73 Å². The number of ether oxygens (including phenoxy) is 1. The van der Waals surface area contributed by atoms with Crippen LogP contribution in [-0.2, 0) is 9.53 Å². The lowest BCUT2D eigenvalue weighted by atomic mass is 10.1. The van der Waals surface area contributed by atoms with E-state index in [2.05, 4.69) is 19.1 Å². The monoisotopic (exact) mass is 437 g/mol. The van der Waals surface area contributed by atoms with Crippen molar-refractivity contribution in [3.63, 3.8) is 0 Å². The lowest BCUT2D eigenvalue weighted by Gasteiger charge is -2.11. The van der Waals surface area contributed by atoms with Crippen LogP contribution in [0.15, 0.2) is 42.5 Å². The second-order valence-corrected chi connectivity index (χ2v) is 7.99. The largest absolute Gasteiger partial charge is 0.464 e. The number of hydrogen-bond acceptors (Lipinski definition) is 3. The van der Waals surface area contributed by atoms with Gasteiger partial charge in [0.15, 0.2) is 0 Å². The molecule has 1 aromatic rings. The van der Waals surface area contributed by atoms with Crippen LogP contribution in [0.2, 0.25) is 0 Å². The van der Waals surface area contributed by atoms with E-state index in [-0.39, 0.29) is 18.4 Å². The average molecular weight is 438 g/mol. The van der Waals surface area contributed by atoms with Gasteiger partial charge in [0.1, 0.15) is 6.04 Å². The zero-order valence-corrected chi connectivity index (χ0v) is 19.8. The van der Waals surface area contributed by atoms with Gasteiger partial charge in [-0.3, -0.25) is 0 Å². The first-order chi connectivity index (χ1) is 14.3. The van der Waals surface area contributed by atoms with Gasteiger partial charge in [0.05, 0.1) is 6.61 Å². The van der Waals surface area contributed by atoms with E-state index >= 15 is 0 Å². The summed E-state index contributed by atoms with van der Waals surface area (Å²) in [6, 6.07) is 8.71. The lowest BCUT2D eigenvalue weighted by Crippen LogP contribution is -2.24. The Hall–Kier alpha value is -1.32. The second kappa shape index (κ2) is 20.9. The molecule has 0 amide bonds. The van der Waals surface area contributed by atoms with Crippen LogP contribution in [0, 0.1) is 0 Å². The van der Waals surface area contributed by atoms with Crippen molar-refractivity contribution in [3.8, 4) is 0 Å². The van der Waals surface area contributed by atoms with Crippen molar-refractivity contribution in [2.45, 2.75) is 103 Å². The Bertz CT molecular complexity index is 533. The van der Waals surface area contributed by atoms with E-state index in [0.717, 1.165) is 18.4 Å². The Morgan fingerprint density at radius 1 is 0.833 bits per heavy atom. The van der Waals surface area contributed by atoms with Crippen LogP contribution < -0.4 is 5.73 Å². The van der Waals surface area contributed by atoms with Crippen LogP contribution in [0.1, 0.15) is 108 Å². The molecule has 2 N–H and O–H groups in total. The van der Waals surface area contributed by atoms with Crippen LogP contribution in [0.4, 0.5) is 0 Å². The standard InChI is InChI=1S/C26H43NO2.ClH/c1-2-3-4-5-6-7-8-9-10-11-12-13-14-15-16-20-23-29-26(28)25(27)24-21-18-17-19-22-24;/h9-10,17-19,21-22,25H,2-8,11-16,20,23,27H2,1H3;1H/b10-9-;/t25-;/m1./s1. The van der Waals surface area contributed by atoms with Gasteiger partial charge in [-0.15, -0.1) is 12.4 Å². The first-order valence-electron chi connectivity index (χ1n) is 11.9. The van der Waals surface area contributed by atoms with Crippen LogP contribution >= 0.6 is 12.4 Å². The van der Waals surface area contributed by atoms with E-state index in [1.165, 1.54) is 77.0 Å². The number of unbranched alkanes of at least 4 members (excludes halogenated alkanes) is 12. The van der Waals surface area contributed by atoms with Crippen LogP contribution in [0.5, 0.6) is 0 Å². The van der Waals surface area contributed by atoms with Crippen molar-refractivity contribution in [1.82, 2.24) is 0 Å². The molecule has 1 atom stereocenters. The molecule has 0 aliphatic heterocycles. The summed E-state index contributed by atoms with van der Waals surface area (Å²) in [6.07, 6.45) is 22.6. The van der Waals surface area contributed by atoms with E-state index in [4.69, 9.17) is 10.5 Å². The molecule has 1 rings (SSSR count). The highest BCUT2D eigenvalue weighted by molar-refractivity contribution is 5.85. The third kappa shape index (κ3) is 15.5. The zero-order chi connectivity index (χ0) is 21.0. The topological polar surface area (TPSA) is 52.3 Å². The molecule has 0 heterocycles. The highest BCUT2D eigenvalue weighted by Gasteiger charge is 2.16. The van der Waals surface area contributed by atoms with E-state index in [0.29, 0.717) is 6.61 Å². The van der Waals surface area contributed by atoms with Gasteiger partial charge in [0, 0.05) is 0 Å². The fraction of sp³-hybridized carbons (Fsp3) is 0.654. The zero-order valence-electron chi connectivity index (χ0n) is 19.0. The number of rotatable bonds is 18. The Morgan fingerprint density at radius 3 is 1.90 bits per heavy atom. The minimum atomic E-state index is -0.676. The molecule has 0 fully saturated rings. The molecule has 172 valence electrons. The van der Waals surface area contributed by atoms with Gasteiger partial charge in [-0.25, -0.2) is 4.79 Å². The SMILES string of the molecule is CCCCCCCC/C=C\CCCCCCCCOC(=O)[C@H](N)c1ccccc1.Cl. The second-order valence-electron chi connectivity index (χ2n) is 7.99. The third-order valence-corrected chi connectivity index (χ3v) is 5.31. The number of carbonyl (C=O) groups excluding carboxylic acids is 1. The molecule has 0 spiro atoms. The first kappa shape index (κ1) is 28.7. The smallest absolute Gasteiger partial charge is 0.327 e. The van der Waals surface area contributed by atoms with Gasteiger partial charge in [-0.05, 0) is 37.7 Å². The number of halogens is 1. The summed E-state index contributed by atoms with van der Waals surface area (Å²) in [5.74, 6) is -0.330. The number of nitrogens with two attached hydrogens (primary N) is 1. The van der Waals surface area contributed by atoms with E-state index in [1.807, 2.05) is 30.3 Å². The predicted molar refractivity (Wildman–Crippen MR) is 131 cm³/mol. The van der Waals surface area contributed by atoms with Gasteiger partial charge >= 0.3 is 5.97 Å². The van der Waals surface area contributed by atoms with Gasteiger partial charge in [-0.1, -0.05) is 107 Å². The third-order valence-electron chi connectivity index (χ3n) is 5.31. The van der Waals surface area contributed by atoms with E-state index in [9.17, 15) is 4.79 Å². The van der Waals surface area contributed by atoms with Gasteiger partial charge in [0.25, 0.3) is 0 Å². The molecular weight excluding hydrogens is 394 g/mol. The molecule has 30 heavy (non-hydrogen) atoms. The fourth-order valence-electron chi connectivity index (χ4n) is 3.41. The molecule has 1 aromatic carbocycles. The number of carbonyl (C=O) groups is 1. The lowest BCUT2D eigenvalue weighted by molar-refractivity contribution is -0.145. The van der Waals surface area contributed by atoms with Crippen LogP contribution in [0.25, 0.3) is 0 Å². The summed E-state index contributed by atoms with van der Waals surface area (Å²) in [4.78, 5) is 12.0. The van der Waals surface area contributed by atoms with Gasteiger partial charge in [-0.2, -0.15) is 0 Å².